The minimum absolute atomic E-state index is 0.679. The molecule has 1 aromatic carbocycles. The highest BCUT2D eigenvalue weighted by molar-refractivity contribution is 5.44. The van der Waals surface area contributed by atoms with Crippen molar-refractivity contribution in [3.8, 4) is 0 Å². The molecule has 1 saturated heterocycles. The molecule has 0 aliphatic carbocycles. The van der Waals surface area contributed by atoms with E-state index in [0.29, 0.717) is 6.04 Å². The first-order valence-electron chi connectivity index (χ1n) is 6.88. The molecule has 1 fully saturated rings. The minimum Gasteiger partial charge on any atom is -0.384 e. The van der Waals surface area contributed by atoms with Crippen molar-refractivity contribution in [1.82, 2.24) is 9.80 Å². The average molecular weight is 247 g/mol. The number of hydrogen-bond donors (Lipinski definition) is 1. The summed E-state index contributed by atoms with van der Waals surface area (Å²) in [7, 11) is 2.21. The first-order valence-corrected chi connectivity index (χ1v) is 6.88. The van der Waals surface area contributed by atoms with E-state index in [0.717, 1.165) is 13.1 Å². The zero-order valence-electron chi connectivity index (χ0n) is 11.8. The van der Waals surface area contributed by atoms with Crippen LogP contribution in [0, 0.1) is 6.92 Å². The van der Waals surface area contributed by atoms with Gasteiger partial charge in [0.05, 0.1) is 0 Å². The molecule has 2 rings (SSSR count). The van der Waals surface area contributed by atoms with Gasteiger partial charge in [0.2, 0.25) is 0 Å². The second kappa shape index (κ2) is 6.21. The van der Waals surface area contributed by atoms with E-state index >= 15 is 0 Å². The Balaban J connectivity index is 1.71. The Morgan fingerprint density at radius 2 is 1.94 bits per heavy atom. The fraction of sp³-hybridized carbons (Fsp3) is 0.600. The molecule has 100 valence electrons. The average Bonchev–Trinajstić information content (AvgIpc) is 2.36. The number of likely N-dealkylation sites (N-methyl/N-ethyl adjacent to an activating group) is 1. The number of anilines is 1. The van der Waals surface area contributed by atoms with Crippen LogP contribution in [0.4, 0.5) is 5.69 Å². The fourth-order valence-electron chi connectivity index (χ4n) is 2.36. The fourth-order valence-corrected chi connectivity index (χ4v) is 2.36. The van der Waals surface area contributed by atoms with E-state index in [4.69, 9.17) is 0 Å². The summed E-state index contributed by atoms with van der Waals surface area (Å²) >= 11 is 0. The van der Waals surface area contributed by atoms with E-state index in [1.807, 2.05) is 0 Å². The normalized spacial score (nSPS) is 22.1. The first kappa shape index (κ1) is 13.4. The van der Waals surface area contributed by atoms with E-state index in [1.54, 1.807) is 0 Å². The molecule has 3 nitrogen and oxygen atoms in total. The SMILES string of the molecule is Cc1ccc(NCCN2CCN(C)C(C)C2)cc1. The molecule has 3 heteroatoms. The number of benzene rings is 1. The van der Waals surface area contributed by atoms with Gasteiger partial charge in [-0.2, -0.15) is 0 Å². The van der Waals surface area contributed by atoms with Crippen molar-refractivity contribution in [2.75, 3.05) is 45.1 Å². The van der Waals surface area contributed by atoms with Gasteiger partial charge >= 0.3 is 0 Å². The number of aryl methyl sites for hydroxylation is 1. The number of nitrogens with one attached hydrogen (secondary N) is 1. The highest BCUT2D eigenvalue weighted by Crippen LogP contribution is 2.09. The number of rotatable bonds is 4. The second-order valence-electron chi connectivity index (χ2n) is 5.42. The van der Waals surface area contributed by atoms with Gasteiger partial charge in [-0.05, 0) is 33.0 Å². The Morgan fingerprint density at radius 1 is 1.22 bits per heavy atom. The van der Waals surface area contributed by atoms with Crippen molar-refractivity contribution in [2.45, 2.75) is 19.9 Å². The van der Waals surface area contributed by atoms with Gasteiger partial charge in [-0.15, -0.1) is 0 Å². The zero-order valence-corrected chi connectivity index (χ0v) is 11.8. The molecule has 0 radical (unpaired) electrons. The molecular formula is C15H25N3. The Kier molecular flexibility index (Phi) is 4.61. The summed E-state index contributed by atoms with van der Waals surface area (Å²) < 4.78 is 0. The van der Waals surface area contributed by atoms with E-state index in [1.165, 1.54) is 30.9 Å². The predicted molar refractivity (Wildman–Crippen MR) is 78.2 cm³/mol. The van der Waals surface area contributed by atoms with Crippen molar-refractivity contribution < 1.29 is 0 Å². The molecule has 1 unspecified atom stereocenters. The quantitative estimate of drug-likeness (QED) is 0.878. The molecule has 1 heterocycles. The standard InChI is InChI=1S/C15H25N3/c1-13-4-6-15(7-5-13)16-8-9-18-11-10-17(3)14(2)12-18/h4-7,14,16H,8-12H2,1-3H3. The Labute approximate surface area is 111 Å². The van der Waals surface area contributed by atoms with Gasteiger partial charge in [-0.1, -0.05) is 17.7 Å². The van der Waals surface area contributed by atoms with Crippen LogP contribution in [-0.2, 0) is 0 Å². The van der Waals surface area contributed by atoms with Gasteiger partial charge in [-0.25, -0.2) is 0 Å². The summed E-state index contributed by atoms with van der Waals surface area (Å²) in [6.07, 6.45) is 0. The number of piperazine rings is 1. The third kappa shape index (κ3) is 3.72. The van der Waals surface area contributed by atoms with Crippen molar-refractivity contribution in [3.05, 3.63) is 29.8 Å². The summed E-state index contributed by atoms with van der Waals surface area (Å²) in [6.45, 7) is 10.1. The maximum Gasteiger partial charge on any atom is 0.0340 e. The van der Waals surface area contributed by atoms with Gasteiger partial charge in [0, 0.05) is 44.5 Å². The molecule has 1 aromatic rings. The van der Waals surface area contributed by atoms with E-state index < -0.39 is 0 Å². The van der Waals surface area contributed by atoms with Crippen LogP contribution >= 0.6 is 0 Å². The molecule has 0 amide bonds. The Hall–Kier alpha value is -1.06. The van der Waals surface area contributed by atoms with Crippen LogP contribution in [0.3, 0.4) is 0 Å². The predicted octanol–water partition coefficient (Wildman–Crippen LogP) is 2.04. The molecule has 0 aromatic heterocycles. The van der Waals surface area contributed by atoms with Crippen LogP contribution in [0.15, 0.2) is 24.3 Å². The maximum absolute atomic E-state index is 3.49. The van der Waals surface area contributed by atoms with Crippen molar-refractivity contribution >= 4 is 5.69 Å². The third-order valence-electron chi connectivity index (χ3n) is 3.85. The molecule has 1 aliphatic heterocycles. The highest BCUT2D eigenvalue weighted by atomic mass is 15.3. The van der Waals surface area contributed by atoms with Crippen LogP contribution in [0.5, 0.6) is 0 Å². The van der Waals surface area contributed by atoms with E-state index in [-0.39, 0.29) is 0 Å². The number of hydrogen-bond acceptors (Lipinski definition) is 3. The molecule has 0 bridgehead atoms. The molecule has 0 spiro atoms. The monoisotopic (exact) mass is 247 g/mol. The third-order valence-corrected chi connectivity index (χ3v) is 3.85. The Bertz CT molecular complexity index is 361. The zero-order chi connectivity index (χ0) is 13.0. The smallest absolute Gasteiger partial charge is 0.0340 e. The van der Waals surface area contributed by atoms with Crippen molar-refractivity contribution in [3.63, 3.8) is 0 Å². The molecule has 1 N–H and O–H groups in total. The van der Waals surface area contributed by atoms with Crippen molar-refractivity contribution in [2.24, 2.45) is 0 Å². The lowest BCUT2D eigenvalue weighted by Gasteiger charge is -2.37. The lowest BCUT2D eigenvalue weighted by molar-refractivity contribution is 0.108. The van der Waals surface area contributed by atoms with Gasteiger partial charge < -0.3 is 10.2 Å². The van der Waals surface area contributed by atoms with Crippen LogP contribution in [0.2, 0.25) is 0 Å². The highest BCUT2D eigenvalue weighted by Gasteiger charge is 2.19. The van der Waals surface area contributed by atoms with Crippen LogP contribution in [-0.4, -0.2) is 55.6 Å². The van der Waals surface area contributed by atoms with E-state index in [2.05, 4.69) is 60.3 Å². The van der Waals surface area contributed by atoms with Crippen LogP contribution < -0.4 is 5.32 Å². The molecule has 18 heavy (non-hydrogen) atoms. The topological polar surface area (TPSA) is 18.5 Å². The van der Waals surface area contributed by atoms with Crippen LogP contribution in [0.25, 0.3) is 0 Å². The maximum atomic E-state index is 3.49. The number of nitrogens with zero attached hydrogens (tertiary/aromatic N) is 2. The minimum atomic E-state index is 0.679. The lowest BCUT2D eigenvalue weighted by Crippen LogP contribution is -2.50. The Morgan fingerprint density at radius 3 is 2.61 bits per heavy atom. The summed E-state index contributed by atoms with van der Waals surface area (Å²) in [4.78, 5) is 4.98. The van der Waals surface area contributed by atoms with Gasteiger partial charge in [-0.3, -0.25) is 4.90 Å². The molecule has 0 saturated carbocycles. The summed E-state index contributed by atoms with van der Waals surface area (Å²) in [5.41, 5.74) is 2.54. The van der Waals surface area contributed by atoms with Crippen molar-refractivity contribution in [1.29, 1.82) is 0 Å². The summed E-state index contributed by atoms with van der Waals surface area (Å²) in [5, 5.41) is 3.49. The van der Waals surface area contributed by atoms with Gasteiger partial charge in [0.25, 0.3) is 0 Å². The summed E-state index contributed by atoms with van der Waals surface area (Å²) in [6, 6.07) is 9.29. The molecular weight excluding hydrogens is 222 g/mol. The first-order chi connectivity index (χ1) is 8.65. The van der Waals surface area contributed by atoms with E-state index in [9.17, 15) is 0 Å². The molecule has 1 atom stereocenters. The van der Waals surface area contributed by atoms with Gasteiger partial charge in [0.1, 0.15) is 0 Å². The molecule has 1 aliphatic rings. The second-order valence-corrected chi connectivity index (χ2v) is 5.42. The summed E-state index contributed by atoms with van der Waals surface area (Å²) in [5.74, 6) is 0. The van der Waals surface area contributed by atoms with Gasteiger partial charge in [0.15, 0.2) is 0 Å². The lowest BCUT2D eigenvalue weighted by atomic mass is 10.2. The van der Waals surface area contributed by atoms with Crippen LogP contribution in [0.1, 0.15) is 12.5 Å². The largest absolute Gasteiger partial charge is 0.384 e.